The highest BCUT2D eigenvalue weighted by atomic mass is 16.5. The topological polar surface area (TPSA) is 105 Å². The van der Waals surface area contributed by atoms with E-state index in [4.69, 9.17) is 9.84 Å². The predicted octanol–water partition coefficient (Wildman–Crippen LogP) is 5.34. The maximum absolute atomic E-state index is 12.9. The van der Waals surface area contributed by atoms with Gasteiger partial charge in [0.25, 0.3) is 5.91 Å². The van der Waals surface area contributed by atoms with Crippen LogP contribution in [0.1, 0.15) is 53.2 Å². The maximum Gasteiger partial charge on any atom is 0.411 e. The minimum absolute atomic E-state index is 0.0780. The van der Waals surface area contributed by atoms with Crippen LogP contribution in [0.3, 0.4) is 0 Å². The molecular formula is C28H28N2O5. The molecule has 0 unspecified atom stereocenters. The molecule has 180 valence electrons. The van der Waals surface area contributed by atoms with E-state index in [9.17, 15) is 14.4 Å². The normalized spacial score (nSPS) is 12.4. The van der Waals surface area contributed by atoms with Crippen molar-refractivity contribution in [3.8, 4) is 11.1 Å². The lowest BCUT2D eigenvalue weighted by Crippen LogP contribution is -2.45. The number of carboxylic acids is 1. The van der Waals surface area contributed by atoms with Crippen LogP contribution in [0, 0.1) is 6.92 Å². The summed E-state index contributed by atoms with van der Waals surface area (Å²) in [6, 6.07) is 21.2. The fraction of sp³-hybridized carbons (Fsp3) is 0.250. The van der Waals surface area contributed by atoms with Gasteiger partial charge in [0, 0.05) is 11.5 Å². The van der Waals surface area contributed by atoms with E-state index in [-0.39, 0.29) is 30.2 Å². The van der Waals surface area contributed by atoms with Crippen molar-refractivity contribution < 1.29 is 24.2 Å². The van der Waals surface area contributed by atoms with Crippen LogP contribution in [0.15, 0.2) is 66.7 Å². The molecule has 0 atom stereocenters. The lowest BCUT2D eigenvalue weighted by atomic mass is 9.98. The number of benzene rings is 3. The molecule has 7 heteroatoms. The highest BCUT2D eigenvalue weighted by Crippen LogP contribution is 2.44. The van der Waals surface area contributed by atoms with E-state index in [1.165, 1.54) is 0 Å². The number of aryl methyl sites for hydroxylation is 1. The van der Waals surface area contributed by atoms with Crippen molar-refractivity contribution in [2.24, 2.45) is 0 Å². The summed E-state index contributed by atoms with van der Waals surface area (Å²) >= 11 is 0. The highest BCUT2D eigenvalue weighted by molar-refractivity contribution is 6.03. The summed E-state index contributed by atoms with van der Waals surface area (Å²) in [7, 11) is 0. The van der Waals surface area contributed by atoms with Crippen LogP contribution in [0.4, 0.5) is 10.5 Å². The monoisotopic (exact) mass is 472 g/mol. The molecule has 4 rings (SSSR count). The van der Waals surface area contributed by atoms with E-state index >= 15 is 0 Å². The largest absolute Gasteiger partial charge is 0.481 e. The number of carbonyl (C=O) groups excluding carboxylic acids is 2. The minimum Gasteiger partial charge on any atom is -0.481 e. The number of carboxylic acid groups (broad SMARTS) is 1. The molecule has 0 spiro atoms. The fourth-order valence-corrected chi connectivity index (χ4v) is 4.50. The van der Waals surface area contributed by atoms with Crippen LogP contribution in [0.2, 0.25) is 0 Å². The van der Waals surface area contributed by atoms with Crippen LogP contribution >= 0.6 is 0 Å². The number of ether oxygens (including phenoxy) is 1. The molecule has 0 saturated heterocycles. The molecule has 3 N–H and O–H groups in total. The zero-order chi connectivity index (χ0) is 25.2. The van der Waals surface area contributed by atoms with Gasteiger partial charge in [0.05, 0.1) is 17.7 Å². The van der Waals surface area contributed by atoms with Gasteiger partial charge in [-0.2, -0.15) is 0 Å². The second-order valence-corrected chi connectivity index (χ2v) is 9.41. The first-order valence-corrected chi connectivity index (χ1v) is 11.4. The zero-order valence-corrected chi connectivity index (χ0v) is 19.9. The van der Waals surface area contributed by atoms with Gasteiger partial charge in [-0.15, -0.1) is 0 Å². The van der Waals surface area contributed by atoms with Crippen molar-refractivity contribution in [3.63, 3.8) is 0 Å². The van der Waals surface area contributed by atoms with Gasteiger partial charge >= 0.3 is 12.1 Å². The molecule has 0 aromatic heterocycles. The number of amides is 2. The van der Waals surface area contributed by atoms with Gasteiger partial charge in [0.2, 0.25) is 0 Å². The molecule has 1 aliphatic carbocycles. The van der Waals surface area contributed by atoms with E-state index in [0.717, 1.165) is 27.8 Å². The maximum atomic E-state index is 12.9. The van der Waals surface area contributed by atoms with Gasteiger partial charge in [-0.3, -0.25) is 14.9 Å². The number of nitrogens with one attached hydrogen (secondary N) is 2. The molecule has 0 fully saturated rings. The fourth-order valence-electron chi connectivity index (χ4n) is 4.50. The second kappa shape index (κ2) is 9.62. The molecule has 3 aromatic carbocycles. The Balaban J connectivity index is 1.48. The van der Waals surface area contributed by atoms with E-state index in [0.29, 0.717) is 0 Å². The summed E-state index contributed by atoms with van der Waals surface area (Å²) in [5.41, 5.74) is 4.87. The summed E-state index contributed by atoms with van der Waals surface area (Å²) in [4.78, 5) is 36.8. The van der Waals surface area contributed by atoms with Gasteiger partial charge in [0.1, 0.15) is 6.61 Å². The lowest BCUT2D eigenvalue weighted by Gasteiger charge is -2.25. The average molecular weight is 473 g/mol. The number of hydrogen-bond acceptors (Lipinski definition) is 4. The molecule has 7 nitrogen and oxygen atoms in total. The Hall–Kier alpha value is -4.13. The van der Waals surface area contributed by atoms with Crippen LogP contribution in [0.25, 0.3) is 11.1 Å². The van der Waals surface area contributed by atoms with Crippen molar-refractivity contribution in [1.82, 2.24) is 5.32 Å². The zero-order valence-electron chi connectivity index (χ0n) is 19.9. The van der Waals surface area contributed by atoms with Gasteiger partial charge in [-0.25, -0.2) is 4.79 Å². The molecule has 3 aromatic rings. The number of hydrogen-bond donors (Lipinski definition) is 3. The first-order chi connectivity index (χ1) is 16.6. The molecule has 1 aliphatic rings. The van der Waals surface area contributed by atoms with Crippen LogP contribution in [-0.2, 0) is 9.53 Å². The summed E-state index contributed by atoms with van der Waals surface area (Å²) < 4.78 is 5.60. The van der Waals surface area contributed by atoms with Crippen LogP contribution in [0.5, 0.6) is 0 Å². The molecule has 35 heavy (non-hydrogen) atoms. The van der Waals surface area contributed by atoms with Crippen molar-refractivity contribution in [3.05, 3.63) is 89.0 Å². The van der Waals surface area contributed by atoms with Gasteiger partial charge < -0.3 is 15.2 Å². The molecule has 0 saturated carbocycles. The van der Waals surface area contributed by atoms with Gasteiger partial charge in [0.15, 0.2) is 0 Å². The Morgan fingerprint density at radius 3 is 2.14 bits per heavy atom. The van der Waals surface area contributed by atoms with Crippen LogP contribution < -0.4 is 10.6 Å². The van der Waals surface area contributed by atoms with Gasteiger partial charge in [-0.1, -0.05) is 60.2 Å². The predicted molar refractivity (Wildman–Crippen MR) is 134 cm³/mol. The van der Waals surface area contributed by atoms with Crippen molar-refractivity contribution in [2.75, 3.05) is 11.9 Å². The summed E-state index contributed by atoms with van der Waals surface area (Å²) in [6.45, 7) is 5.25. The van der Waals surface area contributed by atoms with E-state index in [1.54, 1.807) is 32.0 Å². The Kier molecular flexibility index (Phi) is 6.60. The molecule has 0 aliphatic heterocycles. The first-order valence-electron chi connectivity index (χ1n) is 11.4. The Morgan fingerprint density at radius 1 is 0.943 bits per heavy atom. The minimum atomic E-state index is -1.02. The lowest BCUT2D eigenvalue weighted by molar-refractivity contribution is -0.138. The van der Waals surface area contributed by atoms with Gasteiger partial charge in [-0.05, 0) is 55.2 Å². The highest BCUT2D eigenvalue weighted by Gasteiger charge is 2.29. The Labute approximate surface area is 204 Å². The van der Waals surface area contributed by atoms with Crippen LogP contribution in [-0.4, -0.2) is 35.2 Å². The second-order valence-electron chi connectivity index (χ2n) is 9.41. The summed E-state index contributed by atoms with van der Waals surface area (Å²) in [5, 5.41) is 14.5. The first kappa shape index (κ1) is 24.0. The number of aliphatic carboxylic acids is 1. The number of carbonyl (C=O) groups is 3. The average Bonchev–Trinajstić information content (AvgIpc) is 3.11. The quantitative estimate of drug-likeness (QED) is 0.431. The Bertz CT molecular complexity index is 1250. The number of fused-ring (bicyclic) bond motifs is 3. The van der Waals surface area contributed by atoms with Crippen molar-refractivity contribution >= 4 is 23.7 Å². The standard InChI is InChI=1S/C28H28N2O5/c1-17-12-13-24(22(14-17)26(33)30-28(2,3)15-25(31)32)29-27(34)35-16-23-20-10-6-4-8-18(20)19-9-5-7-11-21(19)23/h4-14,23H,15-16H2,1-3H3,(H,29,34)(H,30,33)(H,31,32). The third kappa shape index (κ3) is 5.35. The van der Waals surface area contributed by atoms with Crippen molar-refractivity contribution in [2.45, 2.75) is 38.6 Å². The molecule has 2 amide bonds. The SMILES string of the molecule is Cc1ccc(NC(=O)OCC2c3ccccc3-c3ccccc32)c(C(=O)NC(C)(C)CC(=O)O)c1. The summed E-state index contributed by atoms with van der Waals surface area (Å²) in [5.74, 6) is -1.57. The molecule has 0 bridgehead atoms. The number of rotatable bonds is 7. The Morgan fingerprint density at radius 2 is 1.54 bits per heavy atom. The van der Waals surface area contributed by atoms with Crippen molar-refractivity contribution in [1.29, 1.82) is 0 Å². The third-order valence-electron chi connectivity index (χ3n) is 6.05. The van der Waals surface area contributed by atoms with E-state index < -0.39 is 23.5 Å². The third-order valence-corrected chi connectivity index (χ3v) is 6.05. The molecular weight excluding hydrogens is 444 g/mol. The van der Waals surface area contributed by atoms with E-state index in [2.05, 4.69) is 22.8 Å². The number of anilines is 1. The molecule has 0 heterocycles. The smallest absolute Gasteiger partial charge is 0.411 e. The summed E-state index contributed by atoms with van der Waals surface area (Å²) in [6.07, 6.45) is -0.908. The van der Waals surface area contributed by atoms with E-state index in [1.807, 2.05) is 43.3 Å². The molecule has 0 radical (unpaired) electrons.